The van der Waals surface area contributed by atoms with E-state index in [1.165, 1.54) is 12.1 Å². The number of halogens is 3. The molecule has 1 aromatic carbocycles. The third kappa shape index (κ3) is 3.47. The Kier molecular flexibility index (Phi) is 4.20. The van der Waals surface area contributed by atoms with Gasteiger partial charge in [0.2, 0.25) is 0 Å². The summed E-state index contributed by atoms with van der Waals surface area (Å²) in [5.41, 5.74) is 0.647. The van der Waals surface area contributed by atoms with Crippen LogP contribution < -0.4 is 5.32 Å². The van der Waals surface area contributed by atoms with Gasteiger partial charge in [0.1, 0.15) is 0 Å². The average molecular weight is 348 g/mol. The van der Waals surface area contributed by atoms with Crippen molar-refractivity contribution >= 4 is 11.6 Å². The van der Waals surface area contributed by atoms with E-state index in [-0.39, 0.29) is 11.9 Å². The minimum Gasteiger partial charge on any atom is -0.350 e. The van der Waals surface area contributed by atoms with E-state index in [0.29, 0.717) is 22.6 Å². The molecule has 2 heterocycles. The van der Waals surface area contributed by atoms with Gasteiger partial charge in [0.25, 0.3) is 5.91 Å². The molecule has 2 aromatic heterocycles. The average Bonchev–Trinajstić information content (AvgIpc) is 2.96. The van der Waals surface area contributed by atoms with Crippen molar-refractivity contribution in [3.05, 3.63) is 53.7 Å². The van der Waals surface area contributed by atoms with Gasteiger partial charge in [0.05, 0.1) is 11.1 Å². The number of carbonyl (C=O) groups excluding carboxylic acids is 1. The number of benzene rings is 1. The van der Waals surface area contributed by atoms with Crippen LogP contribution in [0.3, 0.4) is 0 Å². The molecule has 130 valence electrons. The third-order valence-electron chi connectivity index (χ3n) is 3.55. The number of hydrogen-bond donors (Lipinski definition) is 1. The quantitative estimate of drug-likeness (QED) is 0.787. The highest BCUT2D eigenvalue weighted by Gasteiger charge is 2.30. The number of carbonyl (C=O) groups is 1. The Labute approximate surface area is 141 Å². The van der Waals surface area contributed by atoms with E-state index < -0.39 is 11.7 Å². The Balaban J connectivity index is 2.01. The molecule has 25 heavy (non-hydrogen) atoms. The number of aromatic nitrogens is 3. The number of amides is 1. The second-order valence-electron chi connectivity index (χ2n) is 5.87. The van der Waals surface area contributed by atoms with Crippen molar-refractivity contribution in [3.63, 3.8) is 0 Å². The predicted molar refractivity (Wildman–Crippen MR) is 86.0 cm³/mol. The largest absolute Gasteiger partial charge is 0.416 e. The summed E-state index contributed by atoms with van der Waals surface area (Å²) in [6, 6.07) is 7.89. The van der Waals surface area contributed by atoms with Gasteiger partial charge in [-0.1, -0.05) is 12.1 Å². The molecule has 0 spiro atoms. The highest BCUT2D eigenvalue weighted by molar-refractivity contribution is 5.94. The molecule has 1 N–H and O–H groups in total. The number of hydrogen-bond acceptors (Lipinski definition) is 3. The van der Waals surface area contributed by atoms with Crippen LogP contribution in [0.25, 0.3) is 17.0 Å². The van der Waals surface area contributed by atoms with Crippen LogP contribution in [0.1, 0.15) is 29.8 Å². The predicted octanol–water partition coefficient (Wildman–Crippen LogP) is 3.55. The van der Waals surface area contributed by atoms with Crippen molar-refractivity contribution in [1.29, 1.82) is 0 Å². The number of nitrogens with zero attached hydrogens (tertiary/aromatic N) is 3. The van der Waals surface area contributed by atoms with Crippen LogP contribution in [0.2, 0.25) is 0 Å². The molecule has 0 aliphatic rings. The van der Waals surface area contributed by atoms with E-state index in [9.17, 15) is 18.0 Å². The second kappa shape index (κ2) is 6.19. The fraction of sp³-hybridized carbons (Fsp3) is 0.235. The Morgan fingerprint density at radius 2 is 1.76 bits per heavy atom. The molecule has 0 bridgehead atoms. The Morgan fingerprint density at radius 1 is 1.08 bits per heavy atom. The van der Waals surface area contributed by atoms with Gasteiger partial charge in [0, 0.05) is 17.8 Å². The first-order valence-corrected chi connectivity index (χ1v) is 7.59. The van der Waals surface area contributed by atoms with Crippen LogP contribution in [0, 0.1) is 0 Å². The Morgan fingerprint density at radius 3 is 2.36 bits per heavy atom. The second-order valence-corrected chi connectivity index (χ2v) is 5.87. The lowest BCUT2D eigenvalue weighted by Crippen LogP contribution is -2.30. The molecule has 0 atom stereocenters. The van der Waals surface area contributed by atoms with Crippen LogP contribution in [0.4, 0.5) is 13.2 Å². The summed E-state index contributed by atoms with van der Waals surface area (Å²) in [5.74, 6) is 0.117. The van der Waals surface area contributed by atoms with Gasteiger partial charge in [0.15, 0.2) is 11.5 Å². The summed E-state index contributed by atoms with van der Waals surface area (Å²) in [6.45, 7) is 3.70. The Bertz CT molecular complexity index is 914. The van der Waals surface area contributed by atoms with Crippen LogP contribution >= 0.6 is 0 Å². The summed E-state index contributed by atoms with van der Waals surface area (Å²) in [4.78, 5) is 12.1. The summed E-state index contributed by atoms with van der Waals surface area (Å²) >= 11 is 0. The molecule has 0 radical (unpaired) electrons. The van der Waals surface area contributed by atoms with Crippen LogP contribution in [-0.2, 0) is 6.18 Å². The van der Waals surface area contributed by atoms with Crippen molar-refractivity contribution in [2.75, 3.05) is 0 Å². The Hall–Kier alpha value is -2.90. The SMILES string of the molecule is CC(C)NC(=O)c1ccc2nnc(-c3ccc(C(F)(F)F)cc3)n2c1. The summed E-state index contributed by atoms with van der Waals surface area (Å²) in [6.07, 6.45) is -2.83. The van der Waals surface area contributed by atoms with E-state index in [4.69, 9.17) is 0 Å². The van der Waals surface area contributed by atoms with E-state index in [0.717, 1.165) is 12.1 Å². The van der Waals surface area contributed by atoms with Crippen LogP contribution in [0.5, 0.6) is 0 Å². The van der Waals surface area contributed by atoms with E-state index >= 15 is 0 Å². The van der Waals surface area contributed by atoms with Gasteiger partial charge in [-0.2, -0.15) is 13.2 Å². The zero-order chi connectivity index (χ0) is 18.2. The van der Waals surface area contributed by atoms with Gasteiger partial charge >= 0.3 is 6.18 Å². The molecule has 0 aliphatic carbocycles. The maximum Gasteiger partial charge on any atom is 0.416 e. The third-order valence-corrected chi connectivity index (χ3v) is 3.55. The molecule has 3 rings (SSSR count). The zero-order valence-corrected chi connectivity index (χ0v) is 13.5. The molecule has 0 aliphatic heterocycles. The molecule has 0 saturated heterocycles. The molecule has 0 saturated carbocycles. The fourth-order valence-electron chi connectivity index (χ4n) is 2.38. The van der Waals surface area contributed by atoms with Gasteiger partial charge in [-0.25, -0.2) is 0 Å². The lowest BCUT2D eigenvalue weighted by molar-refractivity contribution is -0.137. The first-order chi connectivity index (χ1) is 11.8. The molecular weight excluding hydrogens is 333 g/mol. The van der Waals surface area contributed by atoms with Gasteiger partial charge in [-0.15, -0.1) is 10.2 Å². The normalized spacial score (nSPS) is 11.9. The fourth-order valence-corrected chi connectivity index (χ4v) is 2.38. The molecular formula is C17H15F3N4O. The highest BCUT2D eigenvalue weighted by atomic mass is 19.4. The number of fused-ring (bicyclic) bond motifs is 1. The van der Waals surface area contributed by atoms with E-state index in [1.54, 1.807) is 22.7 Å². The smallest absolute Gasteiger partial charge is 0.350 e. The zero-order valence-electron chi connectivity index (χ0n) is 13.5. The minimum absolute atomic E-state index is 0.0153. The van der Waals surface area contributed by atoms with Crippen molar-refractivity contribution in [2.24, 2.45) is 0 Å². The van der Waals surface area contributed by atoms with Crippen molar-refractivity contribution in [2.45, 2.75) is 26.1 Å². The maximum atomic E-state index is 12.7. The van der Waals surface area contributed by atoms with Gasteiger partial charge < -0.3 is 5.32 Å². The lowest BCUT2D eigenvalue weighted by atomic mass is 10.1. The van der Waals surface area contributed by atoms with Crippen molar-refractivity contribution in [3.8, 4) is 11.4 Å². The van der Waals surface area contributed by atoms with Gasteiger partial charge in [-0.05, 0) is 38.1 Å². The lowest BCUT2D eigenvalue weighted by Gasteiger charge is -2.09. The van der Waals surface area contributed by atoms with Gasteiger partial charge in [-0.3, -0.25) is 9.20 Å². The molecule has 1 amide bonds. The summed E-state index contributed by atoms with van der Waals surface area (Å²) < 4.78 is 39.6. The molecule has 8 heteroatoms. The summed E-state index contributed by atoms with van der Waals surface area (Å²) in [7, 11) is 0. The van der Waals surface area contributed by atoms with Crippen molar-refractivity contribution in [1.82, 2.24) is 19.9 Å². The van der Waals surface area contributed by atoms with Crippen molar-refractivity contribution < 1.29 is 18.0 Å². The summed E-state index contributed by atoms with van der Waals surface area (Å²) in [5, 5.41) is 10.8. The minimum atomic E-state index is -4.40. The monoisotopic (exact) mass is 348 g/mol. The standard InChI is InChI=1S/C17H15F3N4O/c1-10(2)21-16(25)12-5-8-14-22-23-15(24(14)9-12)11-3-6-13(7-4-11)17(18,19)20/h3-10H,1-2H3,(H,21,25). The first-order valence-electron chi connectivity index (χ1n) is 7.59. The molecule has 0 unspecified atom stereocenters. The van der Waals surface area contributed by atoms with E-state index in [2.05, 4.69) is 15.5 Å². The molecule has 5 nitrogen and oxygen atoms in total. The number of nitrogens with one attached hydrogen (secondary N) is 1. The maximum absolute atomic E-state index is 12.7. The topological polar surface area (TPSA) is 59.3 Å². The molecule has 0 fully saturated rings. The first kappa shape index (κ1) is 16.9. The molecule has 3 aromatic rings. The number of rotatable bonds is 3. The highest BCUT2D eigenvalue weighted by Crippen LogP contribution is 2.30. The van der Waals surface area contributed by atoms with Crippen LogP contribution in [-0.4, -0.2) is 26.5 Å². The van der Waals surface area contributed by atoms with Crippen LogP contribution in [0.15, 0.2) is 42.6 Å². The number of pyridine rings is 1. The number of alkyl halides is 3. The van der Waals surface area contributed by atoms with E-state index in [1.807, 2.05) is 13.8 Å².